The van der Waals surface area contributed by atoms with Crippen LogP contribution in [0.5, 0.6) is 0 Å². The predicted molar refractivity (Wildman–Crippen MR) is 30.4 cm³/mol. The van der Waals surface area contributed by atoms with Gasteiger partial charge in [0, 0.05) is 7.05 Å². The average Bonchev–Trinajstić information content (AvgIpc) is 2.13. The van der Waals surface area contributed by atoms with Crippen LogP contribution in [0, 0.1) is 0 Å². The summed E-state index contributed by atoms with van der Waals surface area (Å²) in [5.41, 5.74) is 0. The maximum absolute atomic E-state index is 10.2. The molecule has 0 aliphatic rings. The number of rotatable bonds is 1. The topological polar surface area (TPSA) is 58.0 Å². The van der Waals surface area contributed by atoms with Crippen molar-refractivity contribution in [1.29, 1.82) is 0 Å². The Labute approximate surface area is 54.8 Å². The first-order valence-corrected chi connectivity index (χ1v) is 3.35. The van der Waals surface area contributed by atoms with Crippen LogP contribution in [0.2, 0.25) is 0 Å². The number of hydrogen-bond acceptors (Lipinski definition) is 3. The number of imidazole rings is 1. The zero-order valence-corrected chi connectivity index (χ0v) is 5.59. The van der Waals surface area contributed by atoms with Gasteiger partial charge in [-0.1, -0.05) is 0 Å². The molecule has 1 unspecified atom stereocenters. The highest BCUT2D eigenvalue weighted by Crippen LogP contribution is 1.98. The molecular formula is C4H5N2O2S-. The zero-order chi connectivity index (χ0) is 6.85. The second kappa shape index (κ2) is 2.28. The zero-order valence-electron chi connectivity index (χ0n) is 4.77. The second-order valence-electron chi connectivity index (χ2n) is 1.58. The molecule has 5 heteroatoms. The lowest BCUT2D eigenvalue weighted by atomic mass is 10.9. The van der Waals surface area contributed by atoms with Crippen molar-refractivity contribution in [2.24, 2.45) is 7.05 Å². The van der Waals surface area contributed by atoms with Crippen molar-refractivity contribution in [3.05, 3.63) is 12.5 Å². The lowest BCUT2D eigenvalue weighted by Crippen LogP contribution is -1.96. The summed E-state index contributed by atoms with van der Waals surface area (Å²) in [4.78, 5) is 3.61. The monoisotopic (exact) mass is 145 g/mol. The summed E-state index contributed by atoms with van der Waals surface area (Å²) in [5.74, 6) is 0. The van der Waals surface area contributed by atoms with E-state index in [0.717, 1.165) is 0 Å². The summed E-state index contributed by atoms with van der Waals surface area (Å²) in [7, 11) is 1.62. The predicted octanol–water partition coefficient (Wildman–Crippen LogP) is -0.342. The van der Waals surface area contributed by atoms with Gasteiger partial charge in [0.15, 0.2) is 0 Å². The molecule has 0 radical (unpaired) electrons. The first-order chi connectivity index (χ1) is 4.22. The van der Waals surface area contributed by atoms with Crippen molar-refractivity contribution in [1.82, 2.24) is 9.55 Å². The van der Waals surface area contributed by atoms with Gasteiger partial charge in [-0.2, -0.15) is 0 Å². The Bertz CT molecular complexity index is 232. The van der Waals surface area contributed by atoms with Gasteiger partial charge in [-0.25, -0.2) is 4.98 Å². The first-order valence-electron chi connectivity index (χ1n) is 2.27. The third kappa shape index (κ3) is 1.17. The van der Waals surface area contributed by atoms with Crippen LogP contribution >= 0.6 is 0 Å². The average molecular weight is 145 g/mol. The maximum Gasteiger partial charge on any atom is 0.112 e. The van der Waals surface area contributed by atoms with Gasteiger partial charge in [-0.3, -0.25) is 4.21 Å². The van der Waals surface area contributed by atoms with Gasteiger partial charge in [0.05, 0.1) is 12.5 Å². The van der Waals surface area contributed by atoms with Crippen LogP contribution in [0.15, 0.2) is 17.6 Å². The summed E-state index contributed by atoms with van der Waals surface area (Å²) in [6.45, 7) is 0. The van der Waals surface area contributed by atoms with Crippen LogP contribution in [0.4, 0.5) is 0 Å². The third-order valence-electron chi connectivity index (χ3n) is 0.943. The molecular weight excluding hydrogens is 140 g/mol. The normalized spacial score (nSPS) is 13.6. The van der Waals surface area contributed by atoms with E-state index in [9.17, 15) is 8.76 Å². The summed E-state index contributed by atoms with van der Waals surface area (Å²) in [6, 6.07) is 0. The second-order valence-corrected chi connectivity index (χ2v) is 2.47. The van der Waals surface area contributed by atoms with Gasteiger partial charge in [0.2, 0.25) is 0 Å². The molecule has 0 bridgehead atoms. The molecule has 0 N–H and O–H groups in total. The summed E-state index contributed by atoms with van der Waals surface area (Å²) in [5, 5.41) is 0.204. The Hall–Kier alpha value is -0.680. The fraction of sp³-hybridized carbons (Fsp3) is 0.250. The smallest absolute Gasteiger partial charge is 0.112 e. The molecule has 1 atom stereocenters. The molecule has 0 aliphatic carbocycles. The maximum atomic E-state index is 10.2. The van der Waals surface area contributed by atoms with E-state index in [0.29, 0.717) is 0 Å². The van der Waals surface area contributed by atoms with Crippen molar-refractivity contribution in [3.63, 3.8) is 0 Å². The lowest BCUT2D eigenvalue weighted by Gasteiger charge is -2.02. The molecule has 9 heavy (non-hydrogen) atoms. The molecule has 1 aromatic rings. The molecule has 50 valence electrons. The molecule has 0 spiro atoms. The minimum atomic E-state index is -2.16. The number of hydrogen-bond donors (Lipinski definition) is 0. The van der Waals surface area contributed by atoms with E-state index in [1.807, 2.05) is 0 Å². The highest BCUT2D eigenvalue weighted by Gasteiger charge is 1.94. The van der Waals surface area contributed by atoms with Gasteiger partial charge in [0.1, 0.15) is 5.03 Å². The molecule has 4 nitrogen and oxygen atoms in total. The van der Waals surface area contributed by atoms with E-state index < -0.39 is 11.1 Å². The third-order valence-corrected chi connectivity index (χ3v) is 1.68. The molecule has 0 saturated heterocycles. The molecule has 0 aliphatic heterocycles. The van der Waals surface area contributed by atoms with Crippen molar-refractivity contribution in [2.75, 3.05) is 0 Å². The van der Waals surface area contributed by atoms with Crippen molar-refractivity contribution >= 4 is 11.1 Å². The van der Waals surface area contributed by atoms with Crippen LogP contribution in [0.25, 0.3) is 0 Å². The molecule has 0 amide bonds. The molecule has 1 rings (SSSR count). The number of nitrogens with zero attached hydrogens (tertiary/aromatic N) is 2. The Balaban J connectivity index is 3.08. The SMILES string of the molecule is Cn1cncc1S(=O)[O-]. The van der Waals surface area contributed by atoms with Gasteiger partial charge >= 0.3 is 0 Å². The van der Waals surface area contributed by atoms with Crippen LogP contribution < -0.4 is 0 Å². The van der Waals surface area contributed by atoms with Crippen LogP contribution in [0.1, 0.15) is 0 Å². The summed E-state index contributed by atoms with van der Waals surface area (Å²) >= 11 is -2.16. The molecule has 1 aromatic heterocycles. The minimum absolute atomic E-state index is 0.204. The van der Waals surface area contributed by atoms with E-state index >= 15 is 0 Å². The summed E-state index contributed by atoms with van der Waals surface area (Å²) < 4.78 is 21.9. The van der Waals surface area contributed by atoms with E-state index in [2.05, 4.69) is 4.98 Å². The van der Waals surface area contributed by atoms with Gasteiger partial charge < -0.3 is 9.12 Å². The van der Waals surface area contributed by atoms with Gasteiger partial charge in [0.25, 0.3) is 0 Å². The largest absolute Gasteiger partial charge is 0.767 e. The number of aryl methyl sites for hydroxylation is 1. The van der Waals surface area contributed by atoms with E-state index in [4.69, 9.17) is 0 Å². The van der Waals surface area contributed by atoms with E-state index in [1.54, 1.807) is 7.05 Å². The minimum Gasteiger partial charge on any atom is -0.767 e. The standard InChI is InChI=1S/C4H6N2O2S/c1-6-3-5-2-4(6)9(7)8/h2-3H,1H3,(H,7,8)/p-1. The van der Waals surface area contributed by atoms with Crippen molar-refractivity contribution in [3.8, 4) is 0 Å². The highest BCUT2D eigenvalue weighted by atomic mass is 32.2. The Morgan fingerprint density at radius 1 is 1.89 bits per heavy atom. The van der Waals surface area contributed by atoms with E-state index in [-0.39, 0.29) is 5.03 Å². The van der Waals surface area contributed by atoms with Gasteiger partial charge in [-0.15, -0.1) is 0 Å². The Morgan fingerprint density at radius 2 is 2.56 bits per heavy atom. The van der Waals surface area contributed by atoms with Gasteiger partial charge in [-0.05, 0) is 11.1 Å². The first kappa shape index (κ1) is 6.44. The van der Waals surface area contributed by atoms with Crippen LogP contribution in [-0.2, 0) is 18.1 Å². The van der Waals surface area contributed by atoms with Crippen molar-refractivity contribution in [2.45, 2.75) is 5.03 Å². The molecule has 0 fully saturated rings. The van der Waals surface area contributed by atoms with Crippen LogP contribution in [0.3, 0.4) is 0 Å². The van der Waals surface area contributed by atoms with E-state index in [1.165, 1.54) is 17.1 Å². The lowest BCUT2D eigenvalue weighted by molar-refractivity contribution is 0.528. The van der Waals surface area contributed by atoms with Crippen LogP contribution in [-0.4, -0.2) is 18.3 Å². The summed E-state index contributed by atoms with van der Waals surface area (Å²) in [6.07, 6.45) is 2.73. The fourth-order valence-electron chi connectivity index (χ4n) is 0.506. The molecule has 0 aromatic carbocycles. The Morgan fingerprint density at radius 3 is 2.78 bits per heavy atom. The quantitative estimate of drug-likeness (QED) is 0.508. The fourth-order valence-corrected chi connectivity index (χ4v) is 0.935. The molecule has 1 heterocycles. The highest BCUT2D eigenvalue weighted by molar-refractivity contribution is 7.79. The van der Waals surface area contributed by atoms with Crippen molar-refractivity contribution < 1.29 is 8.76 Å². The molecule has 0 saturated carbocycles. The Kier molecular flexibility index (Phi) is 1.63. The number of aromatic nitrogens is 2.